The van der Waals surface area contributed by atoms with E-state index in [1.807, 2.05) is 11.8 Å². The average Bonchev–Trinajstić information content (AvgIpc) is 2.91. The minimum absolute atomic E-state index is 0.0283. The molecule has 3 fully saturated rings. The van der Waals surface area contributed by atoms with Gasteiger partial charge in [-0.25, -0.2) is 9.97 Å². The highest BCUT2D eigenvalue weighted by atomic mass is 16.2. The molecule has 7 heteroatoms. The summed E-state index contributed by atoms with van der Waals surface area (Å²) in [6.45, 7) is 14.3. The van der Waals surface area contributed by atoms with Gasteiger partial charge in [0.25, 0.3) is 5.91 Å². The van der Waals surface area contributed by atoms with Gasteiger partial charge in [-0.3, -0.25) is 14.5 Å². The van der Waals surface area contributed by atoms with Crippen molar-refractivity contribution in [2.45, 2.75) is 90.6 Å². The van der Waals surface area contributed by atoms with Crippen molar-refractivity contribution in [3.8, 4) is 0 Å². The Morgan fingerprint density at radius 3 is 2.44 bits per heavy atom. The van der Waals surface area contributed by atoms with Crippen LogP contribution in [0.25, 0.3) is 0 Å². The fourth-order valence-corrected chi connectivity index (χ4v) is 6.81. The van der Waals surface area contributed by atoms with Crippen molar-refractivity contribution in [3.05, 3.63) is 58.7 Å². The molecule has 210 valence electrons. The van der Waals surface area contributed by atoms with Crippen LogP contribution in [0.5, 0.6) is 0 Å². The van der Waals surface area contributed by atoms with Gasteiger partial charge in [0.2, 0.25) is 5.91 Å². The summed E-state index contributed by atoms with van der Waals surface area (Å²) >= 11 is 0. The van der Waals surface area contributed by atoms with E-state index in [2.05, 4.69) is 72.1 Å². The zero-order valence-electron chi connectivity index (χ0n) is 24.4. The van der Waals surface area contributed by atoms with Gasteiger partial charge in [0.1, 0.15) is 12.0 Å². The van der Waals surface area contributed by atoms with Crippen LogP contribution in [0.4, 0.5) is 0 Å². The van der Waals surface area contributed by atoms with Gasteiger partial charge in [-0.05, 0) is 81.4 Å². The molecule has 0 radical (unpaired) electrons. The van der Waals surface area contributed by atoms with Gasteiger partial charge in [0.15, 0.2) is 0 Å². The quantitative estimate of drug-likeness (QED) is 0.622. The molecule has 1 N–H and O–H groups in total. The summed E-state index contributed by atoms with van der Waals surface area (Å²) in [6.07, 6.45) is 7.21. The second-order valence-electron chi connectivity index (χ2n) is 13.1. The lowest BCUT2D eigenvalue weighted by Gasteiger charge is -2.47. The number of nitrogens with zero attached hydrogens (tertiary/aromatic N) is 4. The predicted octanol–water partition coefficient (Wildman–Crippen LogP) is 4.32. The number of hydrogen-bond donors (Lipinski definition) is 1. The summed E-state index contributed by atoms with van der Waals surface area (Å²) in [4.78, 5) is 39.4. The first kappa shape index (κ1) is 27.8. The lowest BCUT2D eigenvalue weighted by atomic mass is 9.77. The molecule has 0 aliphatic carbocycles. The molecule has 7 nitrogen and oxygen atoms in total. The Morgan fingerprint density at radius 1 is 1.03 bits per heavy atom. The number of rotatable bonds is 5. The molecule has 0 bridgehead atoms. The van der Waals surface area contributed by atoms with Crippen molar-refractivity contribution in [2.24, 2.45) is 11.8 Å². The largest absolute Gasteiger partial charge is 0.353 e. The predicted molar refractivity (Wildman–Crippen MR) is 154 cm³/mol. The van der Waals surface area contributed by atoms with E-state index in [4.69, 9.17) is 0 Å². The Kier molecular flexibility index (Phi) is 8.08. The third-order valence-electron chi connectivity index (χ3n) is 9.28. The molecule has 1 aromatic heterocycles. The van der Waals surface area contributed by atoms with Gasteiger partial charge in [0.05, 0.1) is 0 Å². The highest BCUT2D eigenvalue weighted by molar-refractivity contribution is 5.93. The molecule has 3 saturated heterocycles. The Labute approximate surface area is 233 Å². The first-order valence-corrected chi connectivity index (χ1v) is 14.8. The molecule has 39 heavy (non-hydrogen) atoms. The number of fused-ring (bicyclic) bond motifs is 1. The molecule has 1 aromatic carbocycles. The molecule has 0 saturated carbocycles. The van der Waals surface area contributed by atoms with Gasteiger partial charge in [0, 0.05) is 48.9 Å². The van der Waals surface area contributed by atoms with E-state index >= 15 is 0 Å². The number of benzene rings is 1. The highest BCUT2D eigenvalue weighted by Gasteiger charge is 2.41. The Balaban J connectivity index is 1.16. The molecule has 3 atom stereocenters. The second-order valence-corrected chi connectivity index (χ2v) is 13.1. The fraction of sp³-hybridized carbons (Fsp3) is 0.625. The lowest BCUT2D eigenvalue weighted by Crippen LogP contribution is -2.57. The molecular formula is C32H45N5O2. The first-order chi connectivity index (χ1) is 18.6. The number of carbonyl (C=O) groups excluding carboxylic acids is 2. The van der Waals surface area contributed by atoms with Crippen molar-refractivity contribution in [1.82, 2.24) is 25.1 Å². The number of piperidine rings is 3. The van der Waals surface area contributed by atoms with Gasteiger partial charge >= 0.3 is 0 Å². The number of carbonyl (C=O) groups is 2. The smallest absolute Gasteiger partial charge is 0.272 e. The number of amides is 2. The van der Waals surface area contributed by atoms with Crippen LogP contribution in [0.3, 0.4) is 0 Å². The maximum absolute atomic E-state index is 13.5. The average molecular weight is 532 g/mol. The summed E-state index contributed by atoms with van der Waals surface area (Å²) < 4.78 is 0. The van der Waals surface area contributed by atoms with Crippen LogP contribution in [0, 0.1) is 18.8 Å². The fourth-order valence-electron chi connectivity index (χ4n) is 6.81. The van der Waals surface area contributed by atoms with Crippen LogP contribution in [-0.4, -0.2) is 69.8 Å². The first-order valence-electron chi connectivity index (χ1n) is 14.8. The molecular weight excluding hydrogens is 486 g/mol. The minimum Gasteiger partial charge on any atom is -0.353 e. The van der Waals surface area contributed by atoms with Crippen LogP contribution in [-0.2, 0) is 23.1 Å². The van der Waals surface area contributed by atoms with Crippen molar-refractivity contribution >= 4 is 11.8 Å². The Bertz CT molecular complexity index is 1180. The van der Waals surface area contributed by atoms with E-state index in [0.29, 0.717) is 17.7 Å². The molecule has 3 aliphatic rings. The maximum atomic E-state index is 13.5. The van der Waals surface area contributed by atoms with Crippen LogP contribution in [0.2, 0.25) is 0 Å². The van der Waals surface area contributed by atoms with Crippen molar-refractivity contribution in [3.63, 3.8) is 0 Å². The third kappa shape index (κ3) is 6.19. The van der Waals surface area contributed by atoms with Crippen LogP contribution in [0.1, 0.15) is 86.3 Å². The summed E-state index contributed by atoms with van der Waals surface area (Å²) in [5, 5.41) is 3.13. The summed E-state index contributed by atoms with van der Waals surface area (Å²) in [5.41, 5.74) is 5.17. The highest BCUT2D eigenvalue weighted by Crippen LogP contribution is 2.33. The minimum atomic E-state index is 0.0283. The van der Waals surface area contributed by atoms with Gasteiger partial charge < -0.3 is 10.2 Å². The van der Waals surface area contributed by atoms with E-state index in [1.54, 1.807) is 6.33 Å². The third-order valence-corrected chi connectivity index (χ3v) is 9.28. The van der Waals surface area contributed by atoms with E-state index in [1.165, 1.54) is 11.1 Å². The number of aromatic nitrogens is 2. The zero-order valence-corrected chi connectivity index (χ0v) is 24.4. The monoisotopic (exact) mass is 531 g/mol. The van der Waals surface area contributed by atoms with Crippen molar-refractivity contribution in [2.75, 3.05) is 26.2 Å². The van der Waals surface area contributed by atoms with E-state index in [-0.39, 0.29) is 29.2 Å². The molecule has 3 unspecified atom stereocenters. The Hall–Kier alpha value is -2.80. The number of aryl methyl sites for hydroxylation is 2. The maximum Gasteiger partial charge on any atom is 0.272 e. The van der Waals surface area contributed by atoms with Gasteiger partial charge in [-0.15, -0.1) is 0 Å². The summed E-state index contributed by atoms with van der Waals surface area (Å²) in [7, 11) is 0. The standard InChI is InChI=1S/C32H45N5O2/c1-21-18-24-19-37(17-14-27(24)30(38)35-21)26-12-15-36(16-13-26)31(39)29-22(2)28(33-20-34-29)11-8-23-6-9-25(10-7-23)32(3,4)5/h6-7,9-10,20-21,24,26-27H,8,11-19H2,1-5H3,(H,35,38). The van der Waals surface area contributed by atoms with Crippen molar-refractivity contribution in [1.29, 1.82) is 0 Å². The SMILES string of the molecule is Cc1c(CCc2ccc(C(C)(C)C)cc2)ncnc1C(=O)N1CCC(N2CCC3C(=O)NC(C)CC3C2)CC1. The van der Waals surface area contributed by atoms with Crippen molar-refractivity contribution < 1.29 is 9.59 Å². The molecule has 4 heterocycles. The number of hydrogen-bond acceptors (Lipinski definition) is 5. The van der Waals surface area contributed by atoms with Gasteiger partial charge in [-0.1, -0.05) is 45.0 Å². The van der Waals surface area contributed by atoms with Crippen LogP contribution < -0.4 is 5.32 Å². The topological polar surface area (TPSA) is 78.4 Å². The van der Waals surface area contributed by atoms with E-state index < -0.39 is 0 Å². The number of nitrogens with one attached hydrogen (secondary N) is 1. The van der Waals surface area contributed by atoms with Crippen LogP contribution >= 0.6 is 0 Å². The normalized spacial score (nSPS) is 24.8. The summed E-state index contributed by atoms with van der Waals surface area (Å²) in [6, 6.07) is 9.61. The zero-order chi connectivity index (χ0) is 27.7. The lowest BCUT2D eigenvalue weighted by molar-refractivity contribution is -0.133. The molecule has 2 amide bonds. The molecule has 2 aromatic rings. The van der Waals surface area contributed by atoms with Gasteiger partial charge in [-0.2, -0.15) is 0 Å². The van der Waals surface area contributed by atoms with E-state index in [0.717, 1.165) is 76.0 Å². The second kappa shape index (κ2) is 11.4. The Morgan fingerprint density at radius 2 is 1.74 bits per heavy atom. The molecule has 0 spiro atoms. The molecule has 5 rings (SSSR count). The van der Waals surface area contributed by atoms with Crippen LogP contribution in [0.15, 0.2) is 30.6 Å². The van der Waals surface area contributed by atoms with E-state index in [9.17, 15) is 9.59 Å². The molecule has 3 aliphatic heterocycles. The summed E-state index contributed by atoms with van der Waals surface area (Å²) in [5.74, 6) is 0.912. The number of likely N-dealkylation sites (tertiary alicyclic amines) is 2.